The van der Waals surface area contributed by atoms with Gasteiger partial charge in [0.25, 0.3) is 11.6 Å². The zero-order valence-electron chi connectivity index (χ0n) is 17.3. The van der Waals surface area contributed by atoms with Crippen LogP contribution in [0, 0.1) is 6.92 Å². The Balaban J connectivity index is 1.64. The fraction of sp³-hybridized carbons (Fsp3) is 0.476. The third kappa shape index (κ3) is 4.96. The maximum atomic E-state index is 13.1. The molecule has 0 saturated carbocycles. The van der Waals surface area contributed by atoms with Crippen molar-refractivity contribution in [3.63, 3.8) is 0 Å². The van der Waals surface area contributed by atoms with Gasteiger partial charge in [-0.2, -0.15) is 22.7 Å². The zero-order chi connectivity index (χ0) is 22.0. The molecule has 1 N–H and O–H groups in total. The summed E-state index contributed by atoms with van der Waals surface area (Å²) in [5.74, 6) is -0.961. The van der Waals surface area contributed by atoms with Gasteiger partial charge in [-0.3, -0.25) is 0 Å². The van der Waals surface area contributed by atoms with Gasteiger partial charge < -0.3 is 14.8 Å². The Morgan fingerprint density at radius 2 is 1.87 bits per heavy atom. The molecule has 1 aliphatic rings. The number of aromatic nitrogens is 4. The molecule has 2 atom stereocenters. The zero-order valence-corrected chi connectivity index (χ0v) is 17.3. The first-order chi connectivity index (χ1) is 14.8. The molecule has 31 heavy (non-hydrogen) atoms. The standard InChI is InChI=1S/C21H24F3N5O2/c1-13-12-17(29-20(25-13)27-19(28-29)21(22,23)24)26-14(2)18(15-6-4-3-5-7-15)31-16-8-10-30-11-9-16/h3-7,12,14,16,18,26H,8-11H2,1-2H3. The van der Waals surface area contributed by atoms with Crippen molar-refractivity contribution in [2.75, 3.05) is 18.5 Å². The van der Waals surface area contributed by atoms with E-state index in [9.17, 15) is 13.2 Å². The van der Waals surface area contributed by atoms with Gasteiger partial charge >= 0.3 is 6.18 Å². The maximum absolute atomic E-state index is 13.1. The molecule has 1 aromatic carbocycles. The van der Waals surface area contributed by atoms with E-state index in [2.05, 4.69) is 20.4 Å². The summed E-state index contributed by atoms with van der Waals surface area (Å²) in [6.45, 7) is 4.93. The lowest BCUT2D eigenvalue weighted by Gasteiger charge is -2.32. The summed E-state index contributed by atoms with van der Waals surface area (Å²) in [6, 6.07) is 11.1. The van der Waals surface area contributed by atoms with Gasteiger partial charge in [0.2, 0.25) is 0 Å². The molecule has 1 fully saturated rings. The number of fused-ring (bicyclic) bond motifs is 1. The van der Waals surface area contributed by atoms with Crippen LogP contribution in [0.5, 0.6) is 0 Å². The monoisotopic (exact) mass is 435 g/mol. The normalized spacial score (nSPS) is 17.6. The largest absolute Gasteiger partial charge is 0.453 e. The van der Waals surface area contributed by atoms with E-state index in [-0.39, 0.29) is 24.0 Å². The van der Waals surface area contributed by atoms with Crippen molar-refractivity contribution in [1.29, 1.82) is 0 Å². The number of anilines is 1. The SMILES string of the molecule is Cc1cc(NC(C)C(OC2CCOCC2)c2ccccc2)n2nc(C(F)(F)F)nc2n1. The van der Waals surface area contributed by atoms with E-state index in [1.54, 1.807) is 13.0 Å². The molecule has 0 radical (unpaired) electrons. The Labute approximate surface area is 177 Å². The Bertz CT molecular complexity index is 1020. The van der Waals surface area contributed by atoms with Crippen molar-refractivity contribution in [2.24, 2.45) is 0 Å². The molecule has 0 amide bonds. The van der Waals surface area contributed by atoms with Crippen LogP contribution in [0.3, 0.4) is 0 Å². The molecule has 4 rings (SSSR count). The highest BCUT2D eigenvalue weighted by atomic mass is 19.4. The number of nitrogens with one attached hydrogen (secondary N) is 1. The van der Waals surface area contributed by atoms with E-state index < -0.39 is 12.0 Å². The number of rotatable bonds is 6. The molecule has 7 nitrogen and oxygen atoms in total. The summed E-state index contributed by atoms with van der Waals surface area (Å²) in [5.41, 5.74) is 1.51. The minimum Gasteiger partial charge on any atom is -0.381 e. The van der Waals surface area contributed by atoms with E-state index in [1.807, 2.05) is 37.3 Å². The van der Waals surface area contributed by atoms with Crippen molar-refractivity contribution >= 4 is 11.6 Å². The molecule has 166 valence electrons. The molecular weight excluding hydrogens is 411 g/mol. The number of halogens is 3. The second kappa shape index (κ2) is 8.80. The number of hydrogen-bond donors (Lipinski definition) is 1. The van der Waals surface area contributed by atoms with Crippen LogP contribution in [0.25, 0.3) is 5.78 Å². The number of alkyl halides is 3. The second-order valence-corrected chi connectivity index (χ2v) is 7.64. The first-order valence-electron chi connectivity index (χ1n) is 10.2. The minimum atomic E-state index is -4.65. The first kappa shape index (κ1) is 21.5. The summed E-state index contributed by atoms with van der Waals surface area (Å²) in [4.78, 5) is 7.62. The van der Waals surface area contributed by atoms with Gasteiger partial charge in [-0.15, -0.1) is 5.10 Å². The average molecular weight is 435 g/mol. The molecule has 0 bridgehead atoms. The third-order valence-electron chi connectivity index (χ3n) is 5.16. The predicted molar refractivity (Wildman–Crippen MR) is 108 cm³/mol. The predicted octanol–water partition coefficient (Wildman–Crippen LogP) is 4.19. The molecule has 0 spiro atoms. The second-order valence-electron chi connectivity index (χ2n) is 7.64. The van der Waals surface area contributed by atoms with E-state index in [0.29, 0.717) is 24.7 Å². The molecule has 3 aromatic rings. The van der Waals surface area contributed by atoms with Gasteiger partial charge in [0, 0.05) is 25.0 Å². The smallest absolute Gasteiger partial charge is 0.381 e. The summed E-state index contributed by atoms with van der Waals surface area (Å²) in [7, 11) is 0. The summed E-state index contributed by atoms with van der Waals surface area (Å²) < 4.78 is 52.3. The lowest BCUT2D eigenvalue weighted by molar-refractivity contribution is -0.144. The Kier molecular flexibility index (Phi) is 6.10. The highest BCUT2D eigenvalue weighted by Crippen LogP contribution is 2.30. The van der Waals surface area contributed by atoms with E-state index in [1.165, 1.54) is 0 Å². The quantitative estimate of drug-likeness (QED) is 0.626. The first-order valence-corrected chi connectivity index (χ1v) is 10.2. The van der Waals surface area contributed by atoms with E-state index in [0.717, 1.165) is 22.9 Å². The third-order valence-corrected chi connectivity index (χ3v) is 5.16. The highest BCUT2D eigenvalue weighted by Gasteiger charge is 2.37. The van der Waals surface area contributed by atoms with Crippen molar-refractivity contribution < 1.29 is 22.6 Å². The van der Waals surface area contributed by atoms with Crippen LogP contribution in [-0.2, 0) is 15.7 Å². The van der Waals surface area contributed by atoms with Gasteiger partial charge in [0.15, 0.2) is 0 Å². The Morgan fingerprint density at radius 1 is 1.16 bits per heavy atom. The molecule has 1 aliphatic heterocycles. The van der Waals surface area contributed by atoms with Crippen molar-refractivity contribution in [3.8, 4) is 0 Å². The molecule has 2 aromatic heterocycles. The van der Waals surface area contributed by atoms with Gasteiger partial charge in [0.05, 0.1) is 12.1 Å². The topological polar surface area (TPSA) is 73.6 Å². The van der Waals surface area contributed by atoms with Gasteiger partial charge in [-0.1, -0.05) is 30.3 Å². The van der Waals surface area contributed by atoms with Crippen LogP contribution < -0.4 is 5.32 Å². The van der Waals surface area contributed by atoms with Crippen LogP contribution >= 0.6 is 0 Å². The molecule has 2 unspecified atom stereocenters. The Morgan fingerprint density at radius 3 is 2.55 bits per heavy atom. The fourth-order valence-electron chi connectivity index (χ4n) is 3.67. The van der Waals surface area contributed by atoms with Gasteiger partial charge in [0.1, 0.15) is 11.9 Å². The molecule has 3 heterocycles. The van der Waals surface area contributed by atoms with Crippen molar-refractivity contribution in [1.82, 2.24) is 19.6 Å². The van der Waals surface area contributed by atoms with Gasteiger partial charge in [-0.05, 0) is 32.3 Å². The van der Waals surface area contributed by atoms with Crippen LogP contribution in [0.1, 0.15) is 43.0 Å². The summed E-state index contributed by atoms with van der Waals surface area (Å²) in [6.07, 6.45) is -3.33. The average Bonchev–Trinajstić information content (AvgIpc) is 3.18. The van der Waals surface area contributed by atoms with Gasteiger partial charge in [-0.25, -0.2) is 4.98 Å². The van der Waals surface area contributed by atoms with Crippen LogP contribution in [0.4, 0.5) is 19.0 Å². The van der Waals surface area contributed by atoms with Crippen LogP contribution in [-0.4, -0.2) is 44.9 Å². The number of nitrogens with zero attached hydrogens (tertiary/aromatic N) is 4. The van der Waals surface area contributed by atoms with Crippen molar-refractivity contribution in [2.45, 2.75) is 51.1 Å². The van der Waals surface area contributed by atoms with E-state index >= 15 is 0 Å². The molecule has 1 saturated heterocycles. The number of benzene rings is 1. The number of aryl methyl sites for hydroxylation is 1. The van der Waals surface area contributed by atoms with Crippen LogP contribution in [0.2, 0.25) is 0 Å². The molecule has 0 aliphatic carbocycles. The molecule has 10 heteroatoms. The Hall–Kier alpha value is -2.72. The van der Waals surface area contributed by atoms with Crippen molar-refractivity contribution in [3.05, 3.63) is 53.5 Å². The number of hydrogen-bond acceptors (Lipinski definition) is 6. The summed E-state index contributed by atoms with van der Waals surface area (Å²) >= 11 is 0. The lowest BCUT2D eigenvalue weighted by Crippen LogP contribution is -2.33. The molecular formula is C21H24F3N5O2. The fourth-order valence-corrected chi connectivity index (χ4v) is 3.67. The highest BCUT2D eigenvalue weighted by molar-refractivity contribution is 5.46. The van der Waals surface area contributed by atoms with Crippen LogP contribution in [0.15, 0.2) is 36.4 Å². The van der Waals surface area contributed by atoms with E-state index in [4.69, 9.17) is 9.47 Å². The number of ether oxygens (including phenoxy) is 2. The minimum absolute atomic E-state index is 0.0469. The maximum Gasteiger partial charge on any atom is 0.453 e. The summed E-state index contributed by atoms with van der Waals surface area (Å²) in [5, 5.41) is 6.90. The lowest BCUT2D eigenvalue weighted by atomic mass is 10.0.